The molecule has 1 atom stereocenters. The molecule has 4 heteroatoms. The van der Waals surface area contributed by atoms with E-state index in [0.717, 1.165) is 22.9 Å². The number of rotatable bonds is 3. The fourth-order valence-corrected chi connectivity index (χ4v) is 4.23. The van der Waals surface area contributed by atoms with Crippen LogP contribution in [0, 0.1) is 13.8 Å². The second-order valence-corrected chi connectivity index (χ2v) is 7.84. The van der Waals surface area contributed by atoms with Gasteiger partial charge in [-0.25, -0.2) is 9.67 Å². The number of hydrogen-bond donors (Lipinski definition) is 0. The molecule has 2 aromatic heterocycles. The molecule has 4 rings (SSSR count). The van der Waals surface area contributed by atoms with Gasteiger partial charge in [0.2, 0.25) is 0 Å². The monoisotopic (exact) mass is 358 g/mol. The Bertz CT molecular complexity index is 998. The van der Waals surface area contributed by atoms with Crippen molar-refractivity contribution in [3.8, 4) is 5.69 Å². The van der Waals surface area contributed by atoms with Crippen LogP contribution in [0.2, 0.25) is 0 Å². The van der Waals surface area contributed by atoms with Crippen molar-refractivity contribution in [1.82, 2.24) is 14.8 Å². The third-order valence-electron chi connectivity index (χ3n) is 5.76. The lowest BCUT2D eigenvalue weighted by atomic mass is 9.80. The van der Waals surface area contributed by atoms with Gasteiger partial charge >= 0.3 is 0 Å². The zero-order valence-corrected chi connectivity index (χ0v) is 16.6. The average molecular weight is 358 g/mol. The molecular weight excluding hydrogens is 332 g/mol. The fourth-order valence-electron chi connectivity index (χ4n) is 4.23. The summed E-state index contributed by atoms with van der Waals surface area (Å²) in [7, 11) is 2.13. The van der Waals surface area contributed by atoms with Gasteiger partial charge in [0.1, 0.15) is 5.82 Å². The number of likely N-dealkylation sites (N-methyl/N-ethyl adjacent to an activating group) is 1. The van der Waals surface area contributed by atoms with E-state index in [9.17, 15) is 0 Å². The van der Waals surface area contributed by atoms with Gasteiger partial charge < -0.3 is 4.90 Å². The molecule has 0 spiro atoms. The van der Waals surface area contributed by atoms with Crippen molar-refractivity contribution in [2.75, 3.05) is 11.9 Å². The molecule has 0 radical (unpaired) electrons. The highest BCUT2D eigenvalue weighted by atomic mass is 15.3. The van der Waals surface area contributed by atoms with Crippen molar-refractivity contribution in [1.29, 1.82) is 0 Å². The zero-order valence-electron chi connectivity index (χ0n) is 16.6. The summed E-state index contributed by atoms with van der Waals surface area (Å²) in [4.78, 5) is 6.87. The Morgan fingerprint density at radius 1 is 1.04 bits per heavy atom. The Kier molecular flexibility index (Phi) is 4.14. The fraction of sp³-hybridized carbons (Fsp3) is 0.304. The number of pyridine rings is 1. The van der Waals surface area contributed by atoms with Crippen LogP contribution in [0.4, 0.5) is 5.82 Å². The highest BCUT2D eigenvalue weighted by molar-refractivity contribution is 5.64. The van der Waals surface area contributed by atoms with Gasteiger partial charge in [0, 0.05) is 35.5 Å². The Balaban J connectivity index is 1.70. The maximum atomic E-state index is 4.76. The topological polar surface area (TPSA) is 34.0 Å². The molecule has 1 aliphatic heterocycles. The largest absolute Gasteiger partial charge is 0.352 e. The van der Waals surface area contributed by atoms with E-state index in [1.54, 1.807) is 0 Å². The third-order valence-corrected chi connectivity index (χ3v) is 5.76. The minimum absolute atomic E-state index is 0.00603. The van der Waals surface area contributed by atoms with Gasteiger partial charge in [0.25, 0.3) is 0 Å². The summed E-state index contributed by atoms with van der Waals surface area (Å²) >= 11 is 0. The zero-order chi connectivity index (χ0) is 19.2. The lowest BCUT2D eigenvalue weighted by Crippen LogP contribution is -2.37. The Morgan fingerprint density at radius 3 is 2.48 bits per heavy atom. The van der Waals surface area contributed by atoms with Crippen LogP contribution in [0.1, 0.15) is 36.4 Å². The lowest BCUT2D eigenvalue weighted by molar-refractivity contribution is 0.489. The molecule has 0 amide bonds. The van der Waals surface area contributed by atoms with Crippen molar-refractivity contribution >= 4 is 11.9 Å². The predicted octanol–water partition coefficient (Wildman–Crippen LogP) is 4.69. The number of nitrogens with zero attached hydrogens (tertiary/aromatic N) is 4. The van der Waals surface area contributed by atoms with Crippen LogP contribution in [0.25, 0.3) is 11.8 Å². The summed E-state index contributed by atoms with van der Waals surface area (Å²) in [5.74, 6) is 1.07. The van der Waals surface area contributed by atoms with E-state index < -0.39 is 0 Å². The molecule has 3 aromatic rings. The molecule has 3 heterocycles. The Morgan fingerprint density at radius 2 is 1.78 bits per heavy atom. The van der Waals surface area contributed by atoms with Crippen LogP contribution < -0.4 is 4.90 Å². The van der Waals surface area contributed by atoms with E-state index in [1.807, 2.05) is 35.1 Å². The summed E-state index contributed by atoms with van der Waals surface area (Å²) in [5, 5.41) is 4.76. The first kappa shape index (κ1) is 17.5. The predicted molar refractivity (Wildman–Crippen MR) is 112 cm³/mol. The minimum Gasteiger partial charge on any atom is -0.352 e. The SMILES string of the molecule is Cc1nn(-c2ccccc2)c(C)c1C=CC1N(C)c2ncccc2C1(C)C. The number of aryl methyl sites for hydroxylation is 1. The minimum atomic E-state index is 0.00603. The standard InChI is InChI=1S/C23H26N4/c1-16-19(17(2)27(25-16)18-10-7-6-8-11-18)13-14-21-23(3,4)20-12-9-15-24-22(20)26(21)5/h6-15,21H,1-5H3. The first-order valence-electron chi connectivity index (χ1n) is 9.39. The first-order valence-corrected chi connectivity index (χ1v) is 9.39. The van der Waals surface area contributed by atoms with Crippen LogP contribution >= 0.6 is 0 Å². The van der Waals surface area contributed by atoms with Crippen LogP contribution in [0.3, 0.4) is 0 Å². The summed E-state index contributed by atoms with van der Waals surface area (Å²) in [5.41, 5.74) is 5.78. The van der Waals surface area contributed by atoms with E-state index in [1.165, 1.54) is 11.1 Å². The van der Waals surface area contributed by atoms with Crippen LogP contribution in [-0.2, 0) is 5.41 Å². The normalized spacial score (nSPS) is 18.3. The van der Waals surface area contributed by atoms with Gasteiger partial charge in [-0.2, -0.15) is 5.10 Å². The van der Waals surface area contributed by atoms with Gasteiger partial charge in [-0.1, -0.05) is 50.3 Å². The van der Waals surface area contributed by atoms with E-state index in [-0.39, 0.29) is 11.5 Å². The molecule has 0 saturated heterocycles. The summed E-state index contributed by atoms with van der Waals surface area (Å²) in [6, 6.07) is 14.8. The van der Waals surface area contributed by atoms with E-state index >= 15 is 0 Å². The number of anilines is 1. The van der Waals surface area contributed by atoms with Crippen LogP contribution in [0.5, 0.6) is 0 Å². The smallest absolute Gasteiger partial charge is 0.132 e. The van der Waals surface area contributed by atoms with E-state index in [2.05, 4.69) is 75.0 Å². The van der Waals surface area contributed by atoms with Crippen molar-refractivity contribution in [2.45, 2.75) is 39.2 Å². The molecule has 138 valence electrons. The molecule has 0 aliphatic carbocycles. The lowest BCUT2D eigenvalue weighted by Gasteiger charge is -2.29. The van der Waals surface area contributed by atoms with E-state index in [4.69, 9.17) is 5.10 Å². The van der Waals surface area contributed by atoms with Gasteiger partial charge in [-0.15, -0.1) is 0 Å². The number of para-hydroxylation sites is 1. The van der Waals surface area contributed by atoms with Gasteiger partial charge in [-0.3, -0.25) is 0 Å². The summed E-state index contributed by atoms with van der Waals surface area (Å²) in [6.07, 6.45) is 6.40. The molecule has 4 nitrogen and oxygen atoms in total. The van der Waals surface area contributed by atoms with Crippen molar-refractivity contribution < 1.29 is 0 Å². The van der Waals surface area contributed by atoms with E-state index in [0.29, 0.717) is 0 Å². The molecule has 0 N–H and O–H groups in total. The van der Waals surface area contributed by atoms with Crippen molar-refractivity contribution in [2.24, 2.45) is 0 Å². The molecular formula is C23H26N4. The maximum absolute atomic E-state index is 4.76. The molecule has 0 fully saturated rings. The Labute approximate surface area is 161 Å². The molecule has 0 bridgehead atoms. The van der Waals surface area contributed by atoms with Crippen LogP contribution in [0.15, 0.2) is 54.7 Å². The third kappa shape index (κ3) is 2.76. The van der Waals surface area contributed by atoms with Gasteiger partial charge in [-0.05, 0) is 32.0 Å². The molecule has 1 aromatic carbocycles. The number of aromatic nitrogens is 3. The highest BCUT2D eigenvalue weighted by Crippen LogP contribution is 2.43. The molecule has 1 aliphatic rings. The first-order chi connectivity index (χ1) is 12.9. The number of fused-ring (bicyclic) bond motifs is 1. The number of benzene rings is 1. The van der Waals surface area contributed by atoms with Crippen molar-refractivity contribution in [3.05, 3.63) is 77.3 Å². The molecule has 0 saturated carbocycles. The maximum Gasteiger partial charge on any atom is 0.132 e. The van der Waals surface area contributed by atoms with Gasteiger partial charge in [0.05, 0.1) is 17.4 Å². The van der Waals surface area contributed by atoms with Crippen LogP contribution in [-0.4, -0.2) is 27.9 Å². The Hall–Kier alpha value is -2.88. The van der Waals surface area contributed by atoms with Gasteiger partial charge in [0.15, 0.2) is 0 Å². The quantitative estimate of drug-likeness (QED) is 0.681. The molecule has 27 heavy (non-hydrogen) atoms. The van der Waals surface area contributed by atoms with Crippen molar-refractivity contribution in [3.63, 3.8) is 0 Å². The highest BCUT2D eigenvalue weighted by Gasteiger charge is 2.42. The second-order valence-electron chi connectivity index (χ2n) is 7.84. The summed E-state index contributed by atoms with van der Waals surface area (Å²) < 4.78 is 2.02. The molecule has 1 unspecified atom stereocenters. The average Bonchev–Trinajstić information content (AvgIpc) is 3.06. The number of hydrogen-bond acceptors (Lipinski definition) is 3. The summed E-state index contributed by atoms with van der Waals surface area (Å²) in [6.45, 7) is 8.79. The second kappa shape index (κ2) is 6.38.